The predicted octanol–water partition coefficient (Wildman–Crippen LogP) is 0.898. The second-order valence-electron chi connectivity index (χ2n) is 1.72. The summed E-state index contributed by atoms with van der Waals surface area (Å²) in [6.45, 7) is 1.31. The Morgan fingerprint density at radius 3 is 2.33 bits per heavy atom. The van der Waals surface area contributed by atoms with E-state index in [-0.39, 0.29) is 11.6 Å². The molecular weight excluding hydrogens is 136 g/mol. The molecule has 0 aliphatic heterocycles. The first-order valence-electron chi connectivity index (χ1n) is 2.71. The monoisotopic (exact) mass is 146 g/mol. The molecule has 0 heterocycles. The lowest BCUT2D eigenvalue weighted by molar-refractivity contribution is -0.135. The van der Waals surface area contributed by atoms with E-state index in [1.807, 2.05) is 6.26 Å². The SMILES string of the molecule is CSCCC(=O)C(C)=O. The second-order valence-corrected chi connectivity index (χ2v) is 2.71. The van der Waals surface area contributed by atoms with Crippen molar-refractivity contribution in [1.29, 1.82) is 0 Å². The first kappa shape index (κ1) is 8.69. The summed E-state index contributed by atoms with van der Waals surface area (Å²) in [6.07, 6.45) is 2.30. The van der Waals surface area contributed by atoms with Gasteiger partial charge in [-0.25, -0.2) is 0 Å². The van der Waals surface area contributed by atoms with Crippen molar-refractivity contribution in [3.8, 4) is 0 Å². The average Bonchev–Trinajstić information content (AvgIpc) is 1.82. The number of ketones is 2. The molecular formula is C6H10O2S. The Kier molecular flexibility index (Phi) is 4.40. The molecule has 0 rings (SSSR count). The van der Waals surface area contributed by atoms with Crippen LogP contribution in [0.25, 0.3) is 0 Å². The Labute approximate surface area is 59.0 Å². The van der Waals surface area contributed by atoms with Gasteiger partial charge >= 0.3 is 0 Å². The van der Waals surface area contributed by atoms with Crippen LogP contribution in [-0.2, 0) is 9.59 Å². The molecule has 0 aromatic carbocycles. The van der Waals surface area contributed by atoms with Gasteiger partial charge in [0.1, 0.15) is 0 Å². The summed E-state index contributed by atoms with van der Waals surface area (Å²) in [5.74, 6) is 0.159. The smallest absolute Gasteiger partial charge is 0.198 e. The molecule has 0 radical (unpaired) electrons. The van der Waals surface area contributed by atoms with Gasteiger partial charge < -0.3 is 0 Å². The topological polar surface area (TPSA) is 34.1 Å². The molecule has 0 aromatic rings. The van der Waals surface area contributed by atoms with E-state index in [0.29, 0.717) is 6.42 Å². The van der Waals surface area contributed by atoms with Gasteiger partial charge in [-0.15, -0.1) is 0 Å². The quantitative estimate of drug-likeness (QED) is 0.552. The summed E-state index contributed by atoms with van der Waals surface area (Å²) in [5.41, 5.74) is 0. The minimum absolute atomic E-state index is 0.260. The zero-order valence-corrected chi connectivity index (χ0v) is 6.46. The number of carbonyl (C=O) groups excluding carboxylic acids is 2. The molecule has 0 spiro atoms. The molecule has 9 heavy (non-hydrogen) atoms. The largest absolute Gasteiger partial charge is 0.291 e. The number of hydrogen-bond acceptors (Lipinski definition) is 3. The van der Waals surface area contributed by atoms with Crippen LogP contribution in [0.15, 0.2) is 0 Å². The van der Waals surface area contributed by atoms with E-state index in [9.17, 15) is 9.59 Å². The fraction of sp³-hybridized carbons (Fsp3) is 0.667. The number of rotatable bonds is 4. The Bertz CT molecular complexity index is 120. The lowest BCUT2D eigenvalue weighted by Gasteiger charge is -1.90. The van der Waals surface area contributed by atoms with Crippen LogP contribution in [0.2, 0.25) is 0 Å². The number of hydrogen-bond donors (Lipinski definition) is 0. The normalized spacial score (nSPS) is 9.11. The van der Waals surface area contributed by atoms with Gasteiger partial charge in [0.05, 0.1) is 0 Å². The van der Waals surface area contributed by atoms with Gasteiger partial charge in [-0.2, -0.15) is 11.8 Å². The molecule has 0 aromatic heterocycles. The zero-order chi connectivity index (χ0) is 7.28. The lowest BCUT2D eigenvalue weighted by Crippen LogP contribution is -2.09. The van der Waals surface area contributed by atoms with Gasteiger partial charge in [-0.3, -0.25) is 9.59 Å². The standard InChI is InChI=1S/C6H10O2S/c1-5(7)6(8)3-4-9-2/h3-4H2,1-2H3. The molecule has 52 valence electrons. The Balaban J connectivity index is 3.39. The predicted molar refractivity (Wildman–Crippen MR) is 38.7 cm³/mol. The zero-order valence-electron chi connectivity index (χ0n) is 5.64. The van der Waals surface area contributed by atoms with Gasteiger partial charge in [-0.1, -0.05) is 0 Å². The van der Waals surface area contributed by atoms with Crippen LogP contribution in [-0.4, -0.2) is 23.6 Å². The first-order chi connectivity index (χ1) is 4.18. The van der Waals surface area contributed by atoms with Crippen molar-refractivity contribution in [2.24, 2.45) is 0 Å². The maximum Gasteiger partial charge on any atom is 0.198 e. The van der Waals surface area contributed by atoms with Gasteiger partial charge in [0.15, 0.2) is 11.6 Å². The van der Waals surface area contributed by atoms with Gasteiger partial charge in [-0.05, 0) is 6.26 Å². The van der Waals surface area contributed by atoms with E-state index in [1.54, 1.807) is 11.8 Å². The molecule has 0 bridgehead atoms. The summed E-state index contributed by atoms with van der Waals surface area (Å²) >= 11 is 1.57. The van der Waals surface area contributed by atoms with Crippen LogP contribution in [0, 0.1) is 0 Å². The molecule has 2 nitrogen and oxygen atoms in total. The molecule has 0 atom stereocenters. The molecule has 0 aliphatic carbocycles. The highest BCUT2D eigenvalue weighted by atomic mass is 32.2. The van der Waals surface area contributed by atoms with Crippen molar-refractivity contribution >= 4 is 23.3 Å². The molecule has 0 amide bonds. The minimum Gasteiger partial charge on any atom is -0.291 e. The lowest BCUT2D eigenvalue weighted by atomic mass is 10.2. The Hall–Kier alpha value is -0.310. The molecule has 0 unspecified atom stereocenters. The third kappa shape index (κ3) is 4.21. The maximum absolute atomic E-state index is 10.5. The molecule has 0 fully saturated rings. The van der Waals surface area contributed by atoms with E-state index in [4.69, 9.17) is 0 Å². The summed E-state index contributed by atoms with van der Waals surface area (Å²) in [4.78, 5) is 20.8. The van der Waals surface area contributed by atoms with E-state index in [1.165, 1.54) is 6.92 Å². The van der Waals surface area contributed by atoms with Crippen molar-refractivity contribution in [1.82, 2.24) is 0 Å². The van der Waals surface area contributed by atoms with E-state index in [2.05, 4.69) is 0 Å². The molecule has 3 heteroatoms. The fourth-order valence-corrected chi connectivity index (χ4v) is 0.760. The van der Waals surface area contributed by atoms with Gasteiger partial charge in [0.25, 0.3) is 0 Å². The molecule has 0 aliphatic rings. The van der Waals surface area contributed by atoms with E-state index in [0.717, 1.165) is 5.75 Å². The van der Waals surface area contributed by atoms with Crippen molar-refractivity contribution in [3.63, 3.8) is 0 Å². The van der Waals surface area contributed by atoms with Crippen molar-refractivity contribution in [3.05, 3.63) is 0 Å². The highest BCUT2D eigenvalue weighted by Gasteiger charge is 2.04. The summed E-state index contributed by atoms with van der Waals surface area (Å²) in [7, 11) is 0. The van der Waals surface area contributed by atoms with Crippen molar-refractivity contribution in [2.75, 3.05) is 12.0 Å². The number of carbonyl (C=O) groups is 2. The molecule has 0 saturated heterocycles. The third-order valence-electron chi connectivity index (χ3n) is 0.926. The van der Waals surface area contributed by atoms with Crippen LogP contribution >= 0.6 is 11.8 Å². The van der Waals surface area contributed by atoms with Crippen molar-refractivity contribution in [2.45, 2.75) is 13.3 Å². The third-order valence-corrected chi connectivity index (χ3v) is 1.54. The first-order valence-corrected chi connectivity index (χ1v) is 4.10. The van der Waals surface area contributed by atoms with Gasteiger partial charge in [0, 0.05) is 19.1 Å². The van der Waals surface area contributed by atoms with Crippen LogP contribution in [0.4, 0.5) is 0 Å². The highest BCUT2D eigenvalue weighted by Crippen LogP contribution is 1.96. The van der Waals surface area contributed by atoms with Crippen LogP contribution in [0.3, 0.4) is 0 Å². The van der Waals surface area contributed by atoms with E-state index >= 15 is 0 Å². The number of Topliss-reactive ketones (excluding diaryl/α,β-unsaturated/α-hetero) is 2. The Morgan fingerprint density at radius 2 is 2.00 bits per heavy atom. The van der Waals surface area contributed by atoms with Crippen LogP contribution < -0.4 is 0 Å². The fourth-order valence-electron chi connectivity index (χ4n) is 0.371. The van der Waals surface area contributed by atoms with Gasteiger partial charge in [0.2, 0.25) is 0 Å². The second kappa shape index (κ2) is 4.56. The summed E-state index contributed by atoms with van der Waals surface area (Å²) in [6, 6.07) is 0. The maximum atomic E-state index is 10.5. The molecule has 0 saturated carbocycles. The van der Waals surface area contributed by atoms with Crippen molar-refractivity contribution < 1.29 is 9.59 Å². The Morgan fingerprint density at radius 1 is 1.44 bits per heavy atom. The van der Waals surface area contributed by atoms with Crippen LogP contribution in [0.5, 0.6) is 0 Å². The summed E-state index contributed by atoms with van der Waals surface area (Å²) < 4.78 is 0. The summed E-state index contributed by atoms with van der Waals surface area (Å²) in [5, 5.41) is 0. The highest BCUT2D eigenvalue weighted by molar-refractivity contribution is 7.98. The molecule has 0 N–H and O–H groups in total. The average molecular weight is 146 g/mol. The van der Waals surface area contributed by atoms with E-state index < -0.39 is 0 Å². The minimum atomic E-state index is -0.330. The number of thioether (sulfide) groups is 1. The van der Waals surface area contributed by atoms with Crippen LogP contribution in [0.1, 0.15) is 13.3 Å².